The van der Waals surface area contributed by atoms with Gasteiger partial charge in [0, 0.05) is 18.2 Å². The van der Waals surface area contributed by atoms with Crippen LogP contribution < -0.4 is 5.32 Å². The predicted octanol–water partition coefficient (Wildman–Crippen LogP) is 4.70. The Labute approximate surface area is 152 Å². The number of nitrogens with one attached hydrogen (secondary N) is 1. The normalized spacial score (nSPS) is 14.0. The maximum absolute atomic E-state index is 13.9. The molecule has 0 aliphatic heterocycles. The van der Waals surface area contributed by atoms with Crippen molar-refractivity contribution in [3.8, 4) is 0 Å². The molecular formula is C20H22ClFN2O. The van der Waals surface area contributed by atoms with Gasteiger partial charge in [-0.05, 0) is 49.9 Å². The van der Waals surface area contributed by atoms with E-state index in [9.17, 15) is 9.18 Å². The van der Waals surface area contributed by atoms with Gasteiger partial charge in [0.05, 0.1) is 17.3 Å². The molecule has 0 saturated heterocycles. The van der Waals surface area contributed by atoms with Gasteiger partial charge in [0.1, 0.15) is 5.82 Å². The third-order valence-corrected chi connectivity index (χ3v) is 4.74. The van der Waals surface area contributed by atoms with Gasteiger partial charge in [-0.1, -0.05) is 35.9 Å². The molecule has 2 aromatic rings. The molecule has 0 heterocycles. The molecule has 0 bridgehead atoms. The van der Waals surface area contributed by atoms with E-state index in [4.69, 9.17) is 11.6 Å². The van der Waals surface area contributed by atoms with Crippen LogP contribution in [-0.4, -0.2) is 23.4 Å². The third kappa shape index (κ3) is 4.59. The third-order valence-electron chi connectivity index (χ3n) is 4.44. The van der Waals surface area contributed by atoms with Crippen molar-refractivity contribution in [1.82, 2.24) is 4.90 Å². The van der Waals surface area contributed by atoms with Crippen LogP contribution in [-0.2, 0) is 11.3 Å². The number of hydrogen-bond donors (Lipinski definition) is 1. The average molecular weight is 361 g/mol. The Morgan fingerprint density at radius 3 is 2.64 bits per heavy atom. The van der Waals surface area contributed by atoms with Gasteiger partial charge in [-0.15, -0.1) is 0 Å². The molecular weight excluding hydrogens is 339 g/mol. The van der Waals surface area contributed by atoms with Crippen LogP contribution in [0.4, 0.5) is 10.1 Å². The van der Waals surface area contributed by atoms with Crippen molar-refractivity contribution in [3.63, 3.8) is 0 Å². The number of carbonyl (C=O) groups is 1. The van der Waals surface area contributed by atoms with Crippen LogP contribution in [0.2, 0.25) is 5.02 Å². The lowest BCUT2D eigenvalue weighted by Gasteiger charge is -2.22. The Morgan fingerprint density at radius 1 is 1.28 bits per heavy atom. The van der Waals surface area contributed by atoms with Crippen molar-refractivity contribution in [3.05, 3.63) is 63.9 Å². The molecule has 0 radical (unpaired) electrons. The van der Waals surface area contributed by atoms with E-state index in [0.717, 1.165) is 24.0 Å². The van der Waals surface area contributed by atoms with E-state index in [0.29, 0.717) is 28.9 Å². The summed E-state index contributed by atoms with van der Waals surface area (Å²) < 4.78 is 13.9. The van der Waals surface area contributed by atoms with Crippen LogP contribution in [0.3, 0.4) is 0 Å². The minimum atomic E-state index is -0.231. The summed E-state index contributed by atoms with van der Waals surface area (Å²) in [6, 6.07) is 10.9. The Bertz CT molecular complexity index is 766. The summed E-state index contributed by atoms with van der Waals surface area (Å²) in [4.78, 5) is 14.5. The van der Waals surface area contributed by atoms with Gasteiger partial charge in [-0.3, -0.25) is 9.69 Å². The number of hydrogen-bond acceptors (Lipinski definition) is 2. The molecule has 5 heteroatoms. The standard InChI is InChI=1S/C20H22ClFN2O/c1-13-9-14(2)20(17(21)10-13)23-19(25)12-24(16-7-8-16)11-15-5-3-4-6-18(15)22/h3-6,9-10,16H,7-8,11-12H2,1-2H3,(H,23,25). The number of nitrogens with zero attached hydrogens (tertiary/aromatic N) is 1. The quantitative estimate of drug-likeness (QED) is 0.809. The summed E-state index contributed by atoms with van der Waals surface area (Å²) in [6.45, 7) is 4.55. The minimum absolute atomic E-state index is 0.128. The van der Waals surface area contributed by atoms with Crippen molar-refractivity contribution in [1.29, 1.82) is 0 Å². The molecule has 1 N–H and O–H groups in total. The van der Waals surface area contributed by atoms with Gasteiger partial charge in [0.2, 0.25) is 5.91 Å². The molecule has 0 unspecified atom stereocenters. The lowest BCUT2D eigenvalue weighted by atomic mass is 10.1. The Hall–Kier alpha value is -1.91. The van der Waals surface area contributed by atoms with Crippen molar-refractivity contribution >= 4 is 23.2 Å². The molecule has 0 aromatic heterocycles. The van der Waals surface area contributed by atoms with E-state index in [1.165, 1.54) is 6.07 Å². The summed E-state index contributed by atoms with van der Waals surface area (Å²) in [6.07, 6.45) is 2.10. The average Bonchev–Trinajstić information content (AvgIpc) is 3.37. The summed E-state index contributed by atoms with van der Waals surface area (Å²) >= 11 is 6.26. The second kappa shape index (κ2) is 7.54. The molecule has 25 heavy (non-hydrogen) atoms. The van der Waals surface area contributed by atoms with Crippen LogP contribution in [0.25, 0.3) is 0 Å². The van der Waals surface area contributed by atoms with E-state index in [-0.39, 0.29) is 18.3 Å². The van der Waals surface area contributed by atoms with Crippen LogP contribution in [0.15, 0.2) is 36.4 Å². The summed E-state index contributed by atoms with van der Waals surface area (Å²) in [5.74, 6) is -0.358. The summed E-state index contributed by atoms with van der Waals surface area (Å²) in [5.41, 5.74) is 3.26. The predicted molar refractivity (Wildman–Crippen MR) is 99.4 cm³/mol. The molecule has 1 aliphatic carbocycles. The molecule has 0 spiro atoms. The molecule has 3 rings (SSSR count). The maximum atomic E-state index is 13.9. The number of carbonyl (C=O) groups excluding carboxylic acids is 1. The van der Waals surface area contributed by atoms with Crippen molar-refractivity contribution in [2.45, 2.75) is 39.3 Å². The van der Waals surface area contributed by atoms with E-state index in [1.807, 2.05) is 36.9 Å². The first-order chi connectivity index (χ1) is 11.9. The second-order valence-electron chi connectivity index (χ2n) is 6.71. The topological polar surface area (TPSA) is 32.3 Å². The van der Waals surface area contributed by atoms with Crippen LogP contribution in [0, 0.1) is 19.7 Å². The molecule has 1 saturated carbocycles. The van der Waals surface area contributed by atoms with Crippen molar-refractivity contribution in [2.24, 2.45) is 0 Å². The lowest BCUT2D eigenvalue weighted by Crippen LogP contribution is -2.35. The SMILES string of the molecule is Cc1cc(C)c(NC(=O)CN(Cc2ccccc2F)C2CC2)c(Cl)c1. The van der Waals surface area contributed by atoms with Crippen LogP contribution in [0.5, 0.6) is 0 Å². The number of anilines is 1. The van der Waals surface area contributed by atoms with Gasteiger partial charge >= 0.3 is 0 Å². The Morgan fingerprint density at radius 2 is 2.00 bits per heavy atom. The number of rotatable bonds is 6. The highest BCUT2D eigenvalue weighted by atomic mass is 35.5. The fraction of sp³-hybridized carbons (Fsp3) is 0.350. The first-order valence-corrected chi connectivity index (χ1v) is 8.86. The second-order valence-corrected chi connectivity index (χ2v) is 7.12. The van der Waals surface area contributed by atoms with E-state index in [2.05, 4.69) is 5.32 Å². The number of aryl methyl sites for hydroxylation is 2. The Kier molecular flexibility index (Phi) is 5.40. The number of amides is 1. The highest BCUT2D eigenvalue weighted by Gasteiger charge is 2.31. The monoisotopic (exact) mass is 360 g/mol. The maximum Gasteiger partial charge on any atom is 0.238 e. The largest absolute Gasteiger partial charge is 0.323 e. The van der Waals surface area contributed by atoms with E-state index >= 15 is 0 Å². The molecule has 1 fully saturated rings. The molecule has 1 aliphatic rings. The fourth-order valence-electron chi connectivity index (χ4n) is 3.04. The van der Waals surface area contributed by atoms with Crippen molar-refractivity contribution in [2.75, 3.05) is 11.9 Å². The van der Waals surface area contributed by atoms with E-state index in [1.54, 1.807) is 12.1 Å². The minimum Gasteiger partial charge on any atom is -0.323 e. The summed E-state index contributed by atoms with van der Waals surface area (Å²) in [5, 5.41) is 3.45. The first-order valence-electron chi connectivity index (χ1n) is 8.48. The smallest absolute Gasteiger partial charge is 0.238 e. The zero-order valence-corrected chi connectivity index (χ0v) is 15.2. The van der Waals surface area contributed by atoms with E-state index < -0.39 is 0 Å². The molecule has 0 atom stereocenters. The van der Waals surface area contributed by atoms with Gasteiger partial charge < -0.3 is 5.32 Å². The lowest BCUT2D eigenvalue weighted by molar-refractivity contribution is -0.117. The van der Waals surface area contributed by atoms with Gasteiger partial charge in [0.15, 0.2) is 0 Å². The zero-order chi connectivity index (χ0) is 18.0. The van der Waals surface area contributed by atoms with Gasteiger partial charge in [-0.25, -0.2) is 4.39 Å². The van der Waals surface area contributed by atoms with Gasteiger partial charge in [-0.2, -0.15) is 0 Å². The number of benzene rings is 2. The number of halogens is 2. The van der Waals surface area contributed by atoms with Crippen LogP contribution >= 0.6 is 11.6 Å². The van der Waals surface area contributed by atoms with Crippen LogP contribution in [0.1, 0.15) is 29.5 Å². The Balaban J connectivity index is 1.69. The molecule has 132 valence electrons. The fourth-order valence-corrected chi connectivity index (χ4v) is 3.41. The molecule has 2 aromatic carbocycles. The zero-order valence-electron chi connectivity index (χ0n) is 14.5. The first kappa shape index (κ1) is 17.9. The summed E-state index contributed by atoms with van der Waals surface area (Å²) in [7, 11) is 0. The van der Waals surface area contributed by atoms with Crippen molar-refractivity contribution < 1.29 is 9.18 Å². The molecule has 3 nitrogen and oxygen atoms in total. The highest BCUT2D eigenvalue weighted by Crippen LogP contribution is 2.30. The molecule has 1 amide bonds. The van der Waals surface area contributed by atoms with Gasteiger partial charge in [0.25, 0.3) is 0 Å². The highest BCUT2D eigenvalue weighted by molar-refractivity contribution is 6.34.